The van der Waals surface area contributed by atoms with E-state index in [2.05, 4.69) is 5.32 Å². The van der Waals surface area contributed by atoms with Gasteiger partial charge in [-0.3, -0.25) is 9.59 Å². The first-order valence-electron chi connectivity index (χ1n) is 9.44. The predicted octanol–water partition coefficient (Wildman–Crippen LogP) is 4.07. The zero-order valence-electron chi connectivity index (χ0n) is 15.9. The fourth-order valence-electron chi connectivity index (χ4n) is 3.72. The van der Waals surface area contributed by atoms with Crippen LogP contribution in [0.5, 0.6) is 0 Å². The zero-order chi connectivity index (χ0) is 19.9. The lowest BCUT2D eigenvalue weighted by Gasteiger charge is -2.38. The van der Waals surface area contributed by atoms with E-state index in [-0.39, 0.29) is 24.5 Å². The monoisotopic (exact) mass is 383 g/mol. The maximum absolute atomic E-state index is 13.3. The van der Waals surface area contributed by atoms with E-state index in [9.17, 15) is 18.4 Å². The number of carbonyl (C=O) groups excluding carboxylic acids is 2. The first-order chi connectivity index (χ1) is 12.9. The molecule has 150 valence electrons. The molecule has 7 heteroatoms. The molecule has 0 heterocycles. The lowest BCUT2D eigenvalue weighted by Crippen LogP contribution is -2.41. The zero-order valence-corrected chi connectivity index (χ0v) is 15.9. The molecule has 0 saturated heterocycles. The summed E-state index contributed by atoms with van der Waals surface area (Å²) in [4.78, 5) is 24.8. The summed E-state index contributed by atoms with van der Waals surface area (Å²) in [5, 5.41) is 2.96. The average Bonchev–Trinajstić information content (AvgIpc) is 2.61. The van der Waals surface area contributed by atoms with E-state index in [1.807, 2.05) is 0 Å². The van der Waals surface area contributed by atoms with Crippen LogP contribution in [-0.4, -0.2) is 31.7 Å². The molecule has 2 rings (SSSR count). The number of carbonyl (C=O) groups is 2. The van der Waals surface area contributed by atoms with Crippen molar-refractivity contribution in [1.29, 1.82) is 0 Å². The van der Waals surface area contributed by atoms with Crippen LogP contribution in [0.2, 0.25) is 0 Å². The van der Waals surface area contributed by atoms with Crippen LogP contribution in [0.4, 0.5) is 14.5 Å². The Kier molecular flexibility index (Phi) is 7.56. The molecule has 0 amide bonds. The summed E-state index contributed by atoms with van der Waals surface area (Å²) in [6.45, 7) is 4.38. The molecule has 0 unspecified atom stereocenters. The minimum atomic E-state index is -0.801. The number of ether oxygens (including phenoxy) is 2. The maximum Gasteiger partial charge on any atom is 0.312 e. The van der Waals surface area contributed by atoms with Gasteiger partial charge in [0, 0.05) is 18.3 Å². The highest BCUT2D eigenvalue weighted by atomic mass is 19.1. The smallest absolute Gasteiger partial charge is 0.312 e. The first-order valence-corrected chi connectivity index (χ1v) is 9.44. The summed E-state index contributed by atoms with van der Waals surface area (Å²) >= 11 is 0. The number of benzene rings is 1. The van der Waals surface area contributed by atoms with E-state index in [0.29, 0.717) is 44.5 Å². The highest BCUT2D eigenvalue weighted by Crippen LogP contribution is 2.43. The molecule has 0 bridgehead atoms. The van der Waals surface area contributed by atoms with Gasteiger partial charge >= 0.3 is 11.9 Å². The quantitative estimate of drug-likeness (QED) is 0.686. The molecule has 1 saturated carbocycles. The van der Waals surface area contributed by atoms with Gasteiger partial charge in [0.2, 0.25) is 0 Å². The van der Waals surface area contributed by atoms with Crippen LogP contribution in [0.15, 0.2) is 18.2 Å². The number of hydrogen-bond donors (Lipinski definition) is 1. The predicted molar refractivity (Wildman–Crippen MR) is 97.1 cm³/mol. The van der Waals surface area contributed by atoms with Crippen molar-refractivity contribution >= 4 is 17.6 Å². The van der Waals surface area contributed by atoms with Crippen LogP contribution in [-0.2, 0) is 19.1 Å². The Morgan fingerprint density at radius 3 is 2.44 bits per heavy atom. The van der Waals surface area contributed by atoms with Crippen LogP contribution in [0.1, 0.15) is 46.0 Å². The van der Waals surface area contributed by atoms with Crippen molar-refractivity contribution in [2.45, 2.75) is 46.0 Å². The second-order valence-electron chi connectivity index (χ2n) is 6.88. The van der Waals surface area contributed by atoms with Gasteiger partial charge in [-0.05, 0) is 51.7 Å². The maximum atomic E-state index is 13.3. The number of hydrogen-bond acceptors (Lipinski definition) is 5. The second-order valence-corrected chi connectivity index (χ2v) is 6.88. The van der Waals surface area contributed by atoms with Crippen molar-refractivity contribution in [1.82, 2.24) is 0 Å². The second kappa shape index (κ2) is 9.67. The number of rotatable bonds is 8. The fraction of sp³-hybridized carbons (Fsp3) is 0.600. The molecular formula is C20H27F2NO4. The van der Waals surface area contributed by atoms with Crippen molar-refractivity contribution in [3.8, 4) is 0 Å². The van der Waals surface area contributed by atoms with E-state index in [4.69, 9.17) is 9.47 Å². The molecular weight excluding hydrogens is 356 g/mol. The largest absolute Gasteiger partial charge is 0.466 e. The molecule has 0 aliphatic heterocycles. The van der Waals surface area contributed by atoms with Crippen molar-refractivity contribution in [2.24, 2.45) is 11.3 Å². The van der Waals surface area contributed by atoms with Crippen LogP contribution >= 0.6 is 0 Å². The fourth-order valence-corrected chi connectivity index (χ4v) is 3.72. The molecule has 1 aromatic rings. The minimum Gasteiger partial charge on any atom is -0.466 e. The van der Waals surface area contributed by atoms with Crippen molar-refractivity contribution in [3.63, 3.8) is 0 Å². The lowest BCUT2D eigenvalue weighted by atomic mass is 9.67. The van der Waals surface area contributed by atoms with Crippen molar-refractivity contribution in [3.05, 3.63) is 29.8 Å². The molecule has 1 aliphatic carbocycles. The van der Waals surface area contributed by atoms with Gasteiger partial charge in [0.15, 0.2) is 0 Å². The van der Waals surface area contributed by atoms with Gasteiger partial charge in [-0.15, -0.1) is 0 Å². The third kappa shape index (κ3) is 5.65. The highest BCUT2D eigenvalue weighted by molar-refractivity contribution is 5.79. The Morgan fingerprint density at radius 2 is 1.81 bits per heavy atom. The van der Waals surface area contributed by atoms with E-state index >= 15 is 0 Å². The molecule has 0 spiro atoms. The summed E-state index contributed by atoms with van der Waals surface area (Å²) < 4.78 is 37.0. The lowest BCUT2D eigenvalue weighted by molar-refractivity contribution is -0.162. The van der Waals surface area contributed by atoms with Crippen LogP contribution in [0.3, 0.4) is 0 Å². The average molecular weight is 383 g/mol. The summed E-state index contributed by atoms with van der Waals surface area (Å²) in [6, 6.07) is 3.20. The van der Waals surface area contributed by atoms with E-state index in [1.54, 1.807) is 13.8 Å². The van der Waals surface area contributed by atoms with Gasteiger partial charge in [0.25, 0.3) is 0 Å². The Morgan fingerprint density at radius 1 is 1.15 bits per heavy atom. The first kappa shape index (κ1) is 21.1. The Balaban J connectivity index is 2.08. The van der Waals surface area contributed by atoms with Gasteiger partial charge in [-0.2, -0.15) is 0 Å². The van der Waals surface area contributed by atoms with E-state index < -0.39 is 17.0 Å². The van der Waals surface area contributed by atoms with Gasteiger partial charge in [-0.1, -0.05) is 6.42 Å². The molecule has 1 N–H and O–H groups in total. The third-order valence-electron chi connectivity index (χ3n) is 4.97. The van der Waals surface area contributed by atoms with E-state index in [0.717, 1.165) is 12.5 Å². The number of esters is 2. The highest BCUT2D eigenvalue weighted by Gasteiger charge is 2.45. The molecule has 1 aromatic carbocycles. The summed E-state index contributed by atoms with van der Waals surface area (Å²) in [5.41, 5.74) is -0.492. The standard InChI is InChI=1S/C20H27F2NO4/c1-3-26-18(24)14-6-5-7-20(13-14,19(25)27-4-2)8-9-23-17-11-15(21)10-16(22)12-17/h10-12,14,23H,3-9,13H2,1-2H3/t14-,20+/m1/s1. The van der Waals surface area contributed by atoms with Crippen LogP contribution < -0.4 is 5.32 Å². The molecule has 2 atom stereocenters. The normalized spacial score (nSPS) is 22.1. The molecule has 5 nitrogen and oxygen atoms in total. The molecule has 1 aliphatic rings. The van der Waals surface area contributed by atoms with Crippen molar-refractivity contribution in [2.75, 3.05) is 25.1 Å². The van der Waals surface area contributed by atoms with Crippen LogP contribution in [0, 0.1) is 23.0 Å². The third-order valence-corrected chi connectivity index (χ3v) is 4.97. The Hall–Kier alpha value is -2.18. The Labute approximate surface area is 158 Å². The van der Waals surface area contributed by atoms with Gasteiger partial charge < -0.3 is 14.8 Å². The molecule has 0 radical (unpaired) electrons. The topological polar surface area (TPSA) is 64.6 Å². The van der Waals surface area contributed by atoms with Crippen molar-refractivity contribution < 1.29 is 27.8 Å². The van der Waals surface area contributed by atoms with Gasteiger partial charge in [0.05, 0.1) is 24.5 Å². The van der Waals surface area contributed by atoms with Gasteiger partial charge in [-0.25, -0.2) is 8.78 Å². The summed E-state index contributed by atoms with van der Waals surface area (Å²) in [7, 11) is 0. The number of anilines is 1. The van der Waals surface area contributed by atoms with Crippen LogP contribution in [0.25, 0.3) is 0 Å². The molecule has 27 heavy (non-hydrogen) atoms. The molecule has 1 fully saturated rings. The summed E-state index contributed by atoms with van der Waals surface area (Å²) in [5.74, 6) is -2.29. The SMILES string of the molecule is CCOC(=O)[C@@H]1CCC[C@@](CCNc2cc(F)cc(F)c2)(C(=O)OCC)C1. The van der Waals surface area contributed by atoms with E-state index in [1.165, 1.54) is 12.1 Å². The Bertz CT molecular complexity index is 647. The minimum absolute atomic E-state index is 0.257. The molecule has 0 aromatic heterocycles. The summed E-state index contributed by atoms with van der Waals surface area (Å²) in [6.07, 6.45) is 2.78. The van der Waals surface area contributed by atoms with Gasteiger partial charge in [0.1, 0.15) is 11.6 Å². The number of halogens is 2. The number of nitrogens with one attached hydrogen (secondary N) is 1.